The lowest BCUT2D eigenvalue weighted by Gasteiger charge is -2.09. The predicted molar refractivity (Wildman–Crippen MR) is 78.4 cm³/mol. The molecule has 0 aliphatic rings. The van der Waals surface area contributed by atoms with Crippen LogP contribution in [0.3, 0.4) is 0 Å². The summed E-state index contributed by atoms with van der Waals surface area (Å²) in [5.74, 6) is 0. The van der Waals surface area contributed by atoms with Gasteiger partial charge in [-0.15, -0.1) is 0 Å². The molecule has 0 amide bonds. The maximum atomic E-state index is 5.41. The van der Waals surface area contributed by atoms with E-state index in [2.05, 4.69) is 31.4 Å². The van der Waals surface area contributed by atoms with Gasteiger partial charge in [-0.3, -0.25) is 0 Å². The van der Waals surface area contributed by atoms with E-state index in [0.717, 1.165) is 32.8 Å². The van der Waals surface area contributed by atoms with Gasteiger partial charge in [0.15, 0.2) is 0 Å². The summed E-state index contributed by atoms with van der Waals surface area (Å²) in [6.45, 7) is 13.2. The van der Waals surface area contributed by atoms with Crippen molar-refractivity contribution in [3.8, 4) is 0 Å². The first-order valence-corrected chi connectivity index (χ1v) is 6.94. The van der Waals surface area contributed by atoms with Crippen molar-refractivity contribution in [1.82, 2.24) is 10.6 Å². The lowest BCUT2D eigenvalue weighted by atomic mass is 10.4. The van der Waals surface area contributed by atoms with Gasteiger partial charge in [0.25, 0.3) is 0 Å². The van der Waals surface area contributed by atoms with Crippen LogP contribution in [-0.2, 0) is 14.2 Å². The van der Waals surface area contributed by atoms with Crippen LogP contribution in [0.2, 0.25) is 0 Å². The number of hydrogen-bond donors (Lipinski definition) is 2. The molecule has 0 heterocycles. The summed E-state index contributed by atoms with van der Waals surface area (Å²) in [6.07, 6.45) is 0. The van der Waals surface area contributed by atoms with Gasteiger partial charge in [-0.05, 0) is 6.54 Å². The molecule has 18 heavy (non-hydrogen) atoms. The minimum atomic E-state index is 0. The van der Waals surface area contributed by atoms with Crippen LogP contribution in [0.25, 0.3) is 0 Å². The van der Waals surface area contributed by atoms with E-state index in [1.165, 1.54) is 0 Å². The zero-order chi connectivity index (χ0) is 13.5. The molecule has 0 saturated heterocycles. The summed E-state index contributed by atoms with van der Waals surface area (Å²) in [5.41, 5.74) is 0. The normalized spacial score (nSPS) is 11.3. The Labute approximate surface area is 115 Å². The Kier molecular flexibility index (Phi) is 14.7. The molecule has 0 aromatic carbocycles. The highest BCUT2D eigenvalue weighted by molar-refractivity contribution is 4.50. The second kappa shape index (κ2) is 14.9. The van der Waals surface area contributed by atoms with Crippen molar-refractivity contribution >= 4 is 0 Å². The first-order chi connectivity index (χ1) is 8.77. The van der Waals surface area contributed by atoms with E-state index >= 15 is 0 Å². The molecule has 0 atom stereocenters. The van der Waals surface area contributed by atoms with Crippen LogP contribution >= 0.6 is 0 Å². The number of ether oxygens (including phenoxy) is 3. The van der Waals surface area contributed by atoms with Crippen LogP contribution in [0, 0.1) is 0 Å². The van der Waals surface area contributed by atoms with E-state index in [4.69, 9.17) is 14.2 Å². The summed E-state index contributed by atoms with van der Waals surface area (Å²) >= 11 is 0. The van der Waals surface area contributed by atoms with Crippen molar-refractivity contribution in [3.63, 3.8) is 0 Å². The van der Waals surface area contributed by atoms with Gasteiger partial charge in [0.2, 0.25) is 0 Å². The zero-order valence-corrected chi connectivity index (χ0v) is 12.2. The molecule has 0 aliphatic heterocycles. The largest absolute Gasteiger partial charge is 0.378 e. The summed E-state index contributed by atoms with van der Waals surface area (Å²) in [5, 5.41) is 6.48. The SMILES string of the molecule is CCNCCOCCOCCOCCNC(C)C.[HH].[HH]. The number of rotatable bonds is 14. The first kappa shape index (κ1) is 17.8. The van der Waals surface area contributed by atoms with E-state index in [1.54, 1.807) is 0 Å². The van der Waals surface area contributed by atoms with Crippen molar-refractivity contribution in [2.24, 2.45) is 0 Å². The van der Waals surface area contributed by atoms with Gasteiger partial charge in [-0.2, -0.15) is 0 Å². The number of hydrogen-bond acceptors (Lipinski definition) is 5. The zero-order valence-electron chi connectivity index (χ0n) is 12.2. The monoisotopic (exact) mass is 266 g/mol. The summed E-state index contributed by atoms with van der Waals surface area (Å²) in [6, 6.07) is 0.518. The average molecular weight is 266 g/mol. The van der Waals surface area contributed by atoms with Crippen molar-refractivity contribution in [2.75, 3.05) is 59.3 Å². The molecule has 0 aliphatic carbocycles. The molecular weight excluding hydrogens is 232 g/mol. The Bertz CT molecular complexity index is 167. The Morgan fingerprint density at radius 2 is 1.33 bits per heavy atom. The van der Waals surface area contributed by atoms with E-state index in [1.807, 2.05) is 0 Å². The Balaban J connectivity index is -0.00000144. The van der Waals surface area contributed by atoms with E-state index in [0.29, 0.717) is 32.5 Å². The summed E-state index contributed by atoms with van der Waals surface area (Å²) in [7, 11) is 0. The molecule has 0 rings (SSSR count). The highest BCUT2D eigenvalue weighted by Crippen LogP contribution is 1.81. The van der Waals surface area contributed by atoms with Gasteiger partial charge in [0, 0.05) is 22.0 Å². The molecule has 0 bridgehead atoms. The number of likely N-dealkylation sites (N-methyl/N-ethyl adjacent to an activating group) is 1. The fourth-order valence-electron chi connectivity index (χ4n) is 1.28. The van der Waals surface area contributed by atoms with Gasteiger partial charge < -0.3 is 24.8 Å². The third-order valence-electron chi connectivity index (χ3n) is 2.22. The van der Waals surface area contributed by atoms with Crippen molar-refractivity contribution < 1.29 is 17.1 Å². The molecule has 0 radical (unpaired) electrons. The second-order valence-corrected chi connectivity index (χ2v) is 4.30. The minimum Gasteiger partial charge on any atom is -0.378 e. The molecule has 0 spiro atoms. The second-order valence-electron chi connectivity index (χ2n) is 4.30. The highest BCUT2D eigenvalue weighted by Gasteiger charge is 1.93. The first-order valence-electron chi connectivity index (χ1n) is 6.94. The van der Waals surface area contributed by atoms with Crippen molar-refractivity contribution in [2.45, 2.75) is 26.8 Å². The fraction of sp³-hybridized carbons (Fsp3) is 1.00. The molecule has 2 N–H and O–H groups in total. The van der Waals surface area contributed by atoms with E-state index in [-0.39, 0.29) is 2.85 Å². The van der Waals surface area contributed by atoms with Gasteiger partial charge in [0.1, 0.15) is 0 Å². The van der Waals surface area contributed by atoms with E-state index < -0.39 is 0 Å². The van der Waals surface area contributed by atoms with Gasteiger partial charge in [0.05, 0.1) is 39.6 Å². The highest BCUT2D eigenvalue weighted by atomic mass is 16.5. The maximum Gasteiger partial charge on any atom is 0.0701 e. The lowest BCUT2D eigenvalue weighted by Crippen LogP contribution is -2.27. The van der Waals surface area contributed by atoms with Crippen LogP contribution in [-0.4, -0.2) is 65.3 Å². The molecule has 5 nitrogen and oxygen atoms in total. The standard InChI is InChI=1S/C13H30N2O3.2H2/c1-4-14-5-7-16-9-11-18-12-10-17-8-6-15-13(2)3;;/h13-15H,4-12H2,1-3H3;2*1H. The molecule has 114 valence electrons. The molecule has 0 saturated carbocycles. The topological polar surface area (TPSA) is 51.8 Å². The molecule has 0 aromatic rings. The summed E-state index contributed by atoms with van der Waals surface area (Å²) in [4.78, 5) is 0. The predicted octanol–water partition coefficient (Wildman–Crippen LogP) is 1.14. The van der Waals surface area contributed by atoms with Gasteiger partial charge in [-0.25, -0.2) is 0 Å². The Morgan fingerprint density at radius 3 is 1.83 bits per heavy atom. The molecule has 0 fully saturated rings. The Hall–Kier alpha value is -0.200. The van der Waals surface area contributed by atoms with Crippen LogP contribution in [0.1, 0.15) is 23.6 Å². The van der Waals surface area contributed by atoms with Crippen LogP contribution in [0.15, 0.2) is 0 Å². The molecule has 0 aromatic heterocycles. The average Bonchev–Trinajstić information content (AvgIpc) is 2.34. The molecule has 0 unspecified atom stereocenters. The Morgan fingerprint density at radius 1 is 0.833 bits per heavy atom. The quantitative estimate of drug-likeness (QED) is 0.462. The van der Waals surface area contributed by atoms with Crippen molar-refractivity contribution in [3.05, 3.63) is 0 Å². The number of nitrogens with one attached hydrogen (secondary N) is 2. The smallest absolute Gasteiger partial charge is 0.0701 e. The van der Waals surface area contributed by atoms with Crippen molar-refractivity contribution in [1.29, 1.82) is 0 Å². The third kappa shape index (κ3) is 15.8. The molecule has 5 heteroatoms. The fourth-order valence-corrected chi connectivity index (χ4v) is 1.28. The van der Waals surface area contributed by atoms with Crippen LogP contribution < -0.4 is 10.6 Å². The summed E-state index contributed by atoms with van der Waals surface area (Å²) < 4.78 is 16.2. The van der Waals surface area contributed by atoms with Crippen LogP contribution in [0.5, 0.6) is 0 Å². The molecular formula is C13H34N2O3. The van der Waals surface area contributed by atoms with E-state index in [9.17, 15) is 0 Å². The van der Waals surface area contributed by atoms with Gasteiger partial charge in [-0.1, -0.05) is 20.8 Å². The maximum absolute atomic E-state index is 5.41. The van der Waals surface area contributed by atoms with Gasteiger partial charge >= 0.3 is 0 Å². The minimum absolute atomic E-state index is 0. The lowest BCUT2D eigenvalue weighted by molar-refractivity contribution is 0.0156. The van der Waals surface area contributed by atoms with Crippen LogP contribution in [0.4, 0.5) is 0 Å². The third-order valence-corrected chi connectivity index (χ3v) is 2.22.